The molecule has 2 aromatic carbocycles. The Morgan fingerprint density at radius 1 is 1.00 bits per heavy atom. The van der Waals surface area contributed by atoms with E-state index in [0.717, 1.165) is 17.3 Å². The van der Waals surface area contributed by atoms with E-state index in [0.29, 0.717) is 17.8 Å². The molecule has 0 radical (unpaired) electrons. The molecule has 5 heteroatoms. The first-order valence-corrected chi connectivity index (χ1v) is 8.25. The number of carbonyl (C=O) groups is 2. The molecule has 0 aliphatic carbocycles. The van der Waals surface area contributed by atoms with Crippen molar-refractivity contribution < 1.29 is 9.59 Å². The maximum absolute atomic E-state index is 12.1. The highest BCUT2D eigenvalue weighted by molar-refractivity contribution is 9.10. The van der Waals surface area contributed by atoms with Gasteiger partial charge < -0.3 is 10.6 Å². The molecule has 0 aliphatic rings. The summed E-state index contributed by atoms with van der Waals surface area (Å²) in [6.45, 7) is 1.44. The van der Waals surface area contributed by atoms with Crippen LogP contribution in [0, 0.1) is 0 Å². The van der Waals surface area contributed by atoms with Crippen molar-refractivity contribution in [3.05, 3.63) is 58.6 Å². The highest BCUT2D eigenvalue weighted by atomic mass is 79.9. The Kier molecular flexibility index (Phi) is 6.35. The fourth-order valence-electron chi connectivity index (χ4n) is 2.23. The molecule has 0 bridgehead atoms. The summed E-state index contributed by atoms with van der Waals surface area (Å²) in [7, 11) is 0. The fraction of sp³-hybridized carbons (Fsp3) is 0.222. The monoisotopic (exact) mass is 374 g/mol. The molecule has 0 spiro atoms. The molecule has 0 aliphatic heterocycles. The van der Waals surface area contributed by atoms with Gasteiger partial charge in [0.05, 0.1) is 11.4 Å². The minimum atomic E-state index is -0.174. The van der Waals surface area contributed by atoms with Crippen LogP contribution in [0.25, 0.3) is 0 Å². The first-order chi connectivity index (χ1) is 11.0. The van der Waals surface area contributed by atoms with E-state index in [9.17, 15) is 9.59 Å². The smallest absolute Gasteiger partial charge is 0.224 e. The number of benzene rings is 2. The van der Waals surface area contributed by atoms with E-state index in [1.807, 2.05) is 24.3 Å². The zero-order chi connectivity index (χ0) is 16.7. The maximum Gasteiger partial charge on any atom is 0.224 e. The predicted octanol–water partition coefficient (Wildman–Crippen LogP) is 4.37. The van der Waals surface area contributed by atoms with Crippen molar-refractivity contribution >= 4 is 39.1 Å². The van der Waals surface area contributed by atoms with Crippen molar-refractivity contribution in [2.24, 2.45) is 0 Å². The van der Waals surface area contributed by atoms with Gasteiger partial charge in [-0.25, -0.2) is 0 Å². The summed E-state index contributed by atoms with van der Waals surface area (Å²) in [6.07, 6.45) is 2.07. The first-order valence-electron chi connectivity index (χ1n) is 7.45. The normalized spacial score (nSPS) is 10.2. The molecular weight excluding hydrogens is 356 g/mol. The van der Waals surface area contributed by atoms with Crippen molar-refractivity contribution in [1.82, 2.24) is 0 Å². The zero-order valence-corrected chi connectivity index (χ0v) is 14.5. The molecular formula is C18H19BrN2O2. The quantitative estimate of drug-likeness (QED) is 0.788. The molecule has 2 N–H and O–H groups in total. The maximum atomic E-state index is 12.1. The molecule has 2 rings (SSSR count). The van der Waals surface area contributed by atoms with Crippen LogP contribution in [0.1, 0.15) is 25.3 Å². The van der Waals surface area contributed by atoms with Crippen LogP contribution < -0.4 is 10.6 Å². The highest BCUT2D eigenvalue weighted by Crippen LogP contribution is 2.26. The topological polar surface area (TPSA) is 58.2 Å². The van der Waals surface area contributed by atoms with Crippen LogP contribution in [0.15, 0.2) is 53.0 Å². The van der Waals surface area contributed by atoms with Gasteiger partial charge in [-0.2, -0.15) is 0 Å². The second-order valence-electron chi connectivity index (χ2n) is 5.26. The second-order valence-corrected chi connectivity index (χ2v) is 6.17. The number of anilines is 2. The zero-order valence-electron chi connectivity index (χ0n) is 12.9. The molecule has 2 aromatic rings. The van der Waals surface area contributed by atoms with Crippen LogP contribution in [0.2, 0.25) is 0 Å². The number of amides is 2. The summed E-state index contributed by atoms with van der Waals surface area (Å²) in [4.78, 5) is 23.3. The van der Waals surface area contributed by atoms with Crippen molar-refractivity contribution in [2.45, 2.75) is 26.2 Å². The SMILES string of the molecule is CC(=O)Nc1ccc(Br)cc1NC(=O)CCCc1ccccc1. The first kappa shape index (κ1) is 17.2. The number of hydrogen-bond donors (Lipinski definition) is 2. The fourth-order valence-corrected chi connectivity index (χ4v) is 2.59. The van der Waals surface area contributed by atoms with Gasteiger partial charge in [-0.3, -0.25) is 9.59 Å². The van der Waals surface area contributed by atoms with Crippen molar-refractivity contribution in [2.75, 3.05) is 10.6 Å². The van der Waals surface area contributed by atoms with E-state index >= 15 is 0 Å². The van der Waals surface area contributed by atoms with Gasteiger partial charge in [-0.1, -0.05) is 46.3 Å². The standard InChI is InChI=1S/C18H19BrN2O2/c1-13(22)20-16-11-10-15(19)12-17(16)21-18(23)9-5-8-14-6-3-2-4-7-14/h2-4,6-7,10-12H,5,8-9H2,1H3,(H,20,22)(H,21,23). The molecule has 0 heterocycles. The molecule has 23 heavy (non-hydrogen) atoms. The van der Waals surface area contributed by atoms with E-state index in [1.54, 1.807) is 12.1 Å². The Bertz CT molecular complexity index is 687. The van der Waals surface area contributed by atoms with E-state index < -0.39 is 0 Å². The average molecular weight is 375 g/mol. The third-order valence-corrected chi connectivity index (χ3v) is 3.77. The highest BCUT2D eigenvalue weighted by Gasteiger charge is 2.09. The molecule has 0 fully saturated rings. The molecule has 120 valence electrons. The van der Waals surface area contributed by atoms with Crippen LogP contribution in [-0.4, -0.2) is 11.8 Å². The Morgan fingerprint density at radius 3 is 2.43 bits per heavy atom. The van der Waals surface area contributed by atoms with E-state index in [-0.39, 0.29) is 11.8 Å². The summed E-state index contributed by atoms with van der Waals surface area (Å²) >= 11 is 3.37. The van der Waals surface area contributed by atoms with Gasteiger partial charge in [0, 0.05) is 17.8 Å². The molecule has 4 nitrogen and oxygen atoms in total. The van der Waals surface area contributed by atoms with E-state index in [4.69, 9.17) is 0 Å². The lowest BCUT2D eigenvalue weighted by molar-refractivity contribution is -0.116. The summed E-state index contributed by atoms with van der Waals surface area (Å²) in [6, 6.07) is 15.4. The van der Waals surface area contributed by atoms with Gasteiger partial charge in [0.25, 0.3) is 0 Å². The van der Waals surface area contributed by atoms with Gasteiger partial charge in [-0.15, -0.1) is 0 Å². The number of nitrogens with one attached hydrogen (secondary N) is 2. The predicted molar refractivity (Wildman–Crippen MR) is 96.5 cm³/mol. The molecule has 0 saturated heterocycles. The molecule has 2 amide bonds. The molecule has 0 aromatic heterocycles. The third-order valence-electron chi connectivity index (χ3n) is 3.28. The Balaban J connectivity index is 1.91. The van der Waals surface area contributed by atoms with Crippen molar-refractivity contribution in [1.29, 1.82) is 0 Å². The van der Waals surface area contributed by atoms with E-state index in [1.165, 1.54) is 12.5 Å². The molecule has 0 unspecified atom stereocenters. The van der Waals surface area contributed by atoms with Gasteiger partial charge in [-0.05, 0) is 36.6 Å². The lowest BCUT2D eigenvalue weighted by atomic mass is 10.1. The minimum Gasteiger partial charge on any atom is -0.325 e. The van der Waals surface area contributed by atoms with Crippen molar-refractivity contribution in [3.63, 3.8) is 0 Å². The van der Waals surface area contributed by atoms with Crippen LogP contribution in [0.5, 0.6) is 0 Å². The molecule has 0 atom stereocenters. The largest absolute Gasteiger partial charge is 0.325 e. The van der Waals surface area contributed by atoms with Crippen molar-refractivity contribution in [3.8, 4) is 0 Å². The lowest BCUT2D eigenvalue weighted by Gasteiger charge is -2.12. The summed E-state index contributed by atoms with van der Waals surface area (Å²) in [5.74, 6) is -0.238. The second kappa shape index (κ2) is 8.48. The van der Waals surface area contributed by atoms with Gasteiger partial charge >= 0.3 is 0 Å². The summed E-state index contributed by atoms with van der Waals surface area (Å²) in [5, 5.41) is 5.57. The Hall–Kier alpha value is -2.14. The summed E-state index contributed by atoms with van der Waals surface area (Å²) < 4.78 is 0.839. The minimum absolute atomic E-state index is 0.0642. The lowest BCUT2D eigenvalue weighted by Crippen LogP contribution is -2.15. The van der Waals surface area contributed by atoms with Crippen LogP contribution in [0.4, 0.5) is 11.4 Å². The third kappa shape index (κ3) is 5.87. The van der Waals surface area contributed by atoms with Crippen LogP contribution >= 0.6 is 15.9 Å². The number of aryl methyl sites for hydroxylation is 1. The Labute approximate surface area is 144 Å². The van der Waals surface area contributed by atoms with E-state index in [2.05, 4.69) is 38.7 Å². The van der Waals surface area contributed by atoms with Crippen LogP contribution in [0.3, 0.4) is 0 Å². The van der Waals surface area contributed by atoms with Gasteiger partial charge in [0.1, 0.15) is 0 Å². The summed E-state index contributed by atoms with van der Waals surface area (Å²) in [5.41, 5.74) is 2.41. The number of hydrogen-bond acceptors (Lipinski definition) is 2. The number of rotatable bonds is 6. The van der Waals surface area contributed by atoms with Gasteiger partial charge in [0.2, 0.25) is 11.8 Å². The number of carbonyl (C=O) groups excluding carboxylic acids is 2. The average Bonchev–Trinajstić information content (AvgIpc) is 2.51. The van der Waals surface area contributed by atoms with Gasteiger partial charge in [0.15, 0.2) is 0 Å². The Morgan fingerprint density at radius 2 is 1.74 bits per heavy atom. The number of halogens is 1. The van der Waals surface area contributed by atoms with Crippen LogP contribution in [-0.2, 0) is 16.0 Å². The molecule has 0 saturated carbocycles.